The summed E-state index contributed by atoms with van der Waals surface area (Å²) in [7, 11) is 0. The average molecular weight is 361 g/mol. The number of pyridine rings is 2. The molecule has 2 aromatic heterocycles. The molecule has 1 amide bonds. The summed E-state index contributed by atoms with van der Waals surface area (Å²) in [6, 6.07) is 13.3. The van der Waals surface area contributed by atoms with Gasteiger partial charge in [0, 0.05) is 29.2 Å². The minimum Gasteiger partial charge on any atom is -0.488 e. The molecule has 0 bridgehead atoms. The molecule has 138 valence electrons. The molecule has 0 aliphatic carbocycles. The van der Waals surface area contributed by atoms with Crippen LogP contribution in [0.5, 0.6) is 5.75 Å². The van der Waals surface area contributed by atoms with Crippen molar-refractivity contribution in [1.29, 1.82) is 0 Å². The Bertz CT molecular complexity index is 916. The Hall–Kier alpha value is -3.21. The monoisotopic (exact) mass is 361 g/mol. The van der Waals surface area contributed by atoms with Gasteiger partial charge in [-0.05, 0) is 62.2 Å². The summed E-state index contributed by atoms with van der Waals surface area (Å²) in [5.74, 6) is 0.680. The molecular formula is C22H23N3O2. The van der Waals surface area contributed by atoms with Gasteiger partial charge in [0.2, 0.25) is 0 Å². The second-order valence-electron chi connectivity index (χ2n) is 6.54. The Balaban J connectivity index is 1.67. The molecule has 0 fully saturated rings. The lowest BCUT2D eigenvalue weighted by Crippen LogP contribution is -2.23. The molecular weight excluding hydrogens is 338 g/mol. The Morgan fingerprint density at radius 1 is 1.07 bits per heavy atom. The van der Waals surface area contributed by atoms with Crippen molar-refractivity contribution >= 4 is 5.91 Å². The Labute approximate surface area is 159 Å². The fraction of sp³-hybridized carbons (Fsp3) is 0.227. The van der Waals surface area contributed by atoms with Crippen molar-refractivity contribution in [2.45, 2.75) is 33.9 Å². The number of rotatable bonds is 6. The Kier molecular flexibility index (Phi) is 5.81. The number of nitrogens with zero attached hydrogens (tertiary/aromatic N) is 2. The van der Waals surface area contributed by atoms with E-state index >= 15 is 0 Å². The average Bonchev–Trinajstić information content (AvgIpc) is 2.66. The van der Waals surface area contributed by atoms with Crippen LogP contribution in [-0.4, -0.2) is 15.9 Å². The van der Waals surface area contributed by atoms with Gasteiger partial charge in [-0.2, -0.15) is 0 Å². The van der Waals surface area contributed by atoms with E-state index in [1.165, 1.54) is 0 Å². The van der Waals surface area contributed by atoms with Gasteiger partial charge in [0.25, 0.3) is 5.91 Å². The van der Waals surface area contributed by atoms with Gasteiger partial charge in [0.15, 0.2) is 0 Å². The van der Waals surface area contributed by atoms with Gasteiger partial charge < -0.3 is 10.1 Å². The highest BCUT2D eigenvalue weighted by Gasteiger charge is 2.12. The van der Waals surface area contributed by atoms with Gasteiger partial charge in [0.1, 0.15) is 12.4 Å². The molecule has 0 spiro atoms. The normalized spacial score (nSPS) is 10.5. The van der Waals surface area contributed by atoms with Crippen molar-refractivity contribution in [1.82, 2.24) is 15.3 Å². The van der Waals surface area contributed by atoms with Crippen molar-refractivity contribution in [3.63, 3.8) is 0 Å². The standard InChI is InChI=1S/C22H23N3O2/c1-15-10-19(22(26)24-13-20-8-4-6-17(3)25-20)11-16(2)21(15)27-14-18-7-5-9-23-12-18/h4-12H,13-14H2,1-3H3,(H,24,26). The molecule has 27 heavy (non-hydrogen) atoms. The zero-order chi connectivity index (χ0) is 19.2. The summed E-state index contributed by atoms with van der Waals surface area (Å²) in [6.45, 7) is 6.68. The Morgan fingerprint density at radius 2 is 1.85 bits per heavy atom. The lowest BCUT2D eigenvalue weighted by atomic mass is 10.0. The molecule has 3 rings (SSSR count). The van der Waals surface area contributed by atoms with Crippen molar-refractivity contribution in [3.8, 4) is 5.75 Å². The van der Waals surface area contributed by atoms with Crippen LogP contribution in [0.15, 0.2) is 54.9 Å². The number of nitrogens with one attached hydrogen (secondary N) is 1. The molecule has 1 aromatic carbocycles. The first kappa shape index (κ1) is 18.6. The highest BCUT2D eigenvalue weighted by Crippen LogP contribution is 2.25. The number of hydrogen-bond acceptors (Lipinski definition) is 4. The zero-order valence-corrected chi connectivity index (χ0v) is 15.8. The molecule has 1 N–H and O–H groups in total. The van der Waals surface area contributed by atoms with Gasteiger partial charge in [-0.1, -0.05) is 12.1 Å². The van der Waals surface area contributed by atoms with Crippen molar-refractivity contribution in [2.24, 2.45) is 0 Å². The SMILES string of the molecule is Cc1cccc(CNC(=O)c2cc(C)c(OCc3cccnc3)c(C)c2)n1. The maximum atomic E-state index is 12.5. The molecule has 0 saturated heterocycles. The fourth-order valence-electron chi connectivity index (χ4n) is 2.92. The number of carbonyl (C=O) groups is 1. The van der Waals surface area contributed by atoms with Crippen LogP contribution in [0.2, 0.25) is 0 Å². The third kappa shape index (κ3) is 4.91. The van der Waals surface area contributed by atoms with Crippen LogP contribution in [0.3, 0.4) is 0 Å². The second kappa shape index (κ2) is 8.45. The van der Waals surface area contributed by atoms with Crippen molar-refractivity contribution < 1.29 is 9.53 Å². The molecule has 5 heteroatoms. The first-order chi connectivity index (χ1) is 13.0. The predicted molar refractivity (Wildman–Crippen MR) is 105 cm³/mol. The maximum absolute atomic E-state index is 12.5. The van der Waals surface area contributed by atoms with Crippen LogP contribution in [0, 0.1) is 20.8 Å². The van der Waals surface area contributed by atoms with E-state index in [-0.39, 0.29) is 5.91 Å². The topological polar surface area (TPSA) is 64.1 Å². The van der Waals surface area contributed by atoms with Gasteiger partial charge in [0.05, 0.1) is 12.2 Å². The van der Waals surface area contributed by atoms with Gasteiger partial charge in [-0.15, -0.1) is 0 Å². The van der Waals surface area contributed by atoms with E-state index in [1.807, 2.05) is 63.2 Å². The molecule has 0 aliphatic rings. The summed E-state index contributed by atoms with van der Waals surface area (Å²) in [6.07, 6.45) is 3.52. The minimum absolute atomic E-state index is 0.122. The molecule has 0 saturated carbocycles. The van der Waals surface area contributed by atoms with E-state index in [9.17, 15) is 4.79 Å². The number of aromatic nitrogens is 2. The summed E-state index contributed by atoms with van der Waals surface area (Å²) in [4.78, 5) is 21.0. The van der Waals surface area contributed by atoms with Crippen LogP contribution < -0.4 is 10.1 Å². The van der Waals surface area contributed by atoms with Crippen molar-refractivity contribution in [2.75, 3.05) is 0 Å². The van der Waals surface area contributed by atoms with E-state index in [0.717, 1.165) is 33.8 Å². The van der Waals surface area contributed by atoms with Crippen LogP contribution in [0.25, 0.3) is 0 Å². The Morgan fingerprint density at radius 3 is 2.52 bits per heavy atom. The molecule has 0 radical (unpaired) electrons. The first-order valence-corrected chi connectivity index (χ1v) is 8.86. The molecule has 0 atom stereocenters. The predicted octanol–water partition coefficient (Wildman–Crippen LogP) is 3.91. The molecule has 5 nitrogen and oxygen atoms in total. The summed E-state index contributed by atoms with van der Waals surface area (Å²) in [5, 5.41) is 2.92. The van der Waals surface area contributed by atoms with E-state index in [4.69, 9.17) is 4.74 Å². The summed E-state index contributed by atoms with van der Waals surface area (Å²) < 4.78 is 5.95. The third-order valence-corrected chi connectivity index (χ3v) is 4.20. The van der Waals surface area contributed by atoms with Gasteiger partial charge in [-0.3, -0.25) is 14.8 Å². The number of aryl methyl sites for hydroxylation is 3. The number of ether oxygens (including phenoxy) is 1. The minimum atomic E-state index is -0.122. The lowest BCUT2D eigenvalue weighted by molar-refractivity contribution is 0.0950. The number of hydrogen-bond donors (Lipinski definition) is 1. The summed E-state index contributed by atoms with van der Waals surface area (Å²) in [5.41, 5.74) is 5.25. The second-order valence-corrected chi connectivity index (χ2v) is 6.54. The van der Waals surface area contributed by atoms with E-state index in [1.54, 1.807) is 12.4 Å². The number of amides is 1. The molecule has 0 unspecified atom stereocenters. The fourth-order valence-corrected chi connectivity index (χ4v) is 2.92. The van der Waals surface area contributed by atoms with Gasteiger partial charge in [-0.25, -0.2) is 0 Å². The summed E-state index contributed by atoms with van der Waals surface area (Å²) >= 11 is 0. The van der Waals surface area contributed by atoms with Crippen molar-refractivity contribution in [3.05, 3.63) is 88.5 Å². The molecule has 3 aromatic rings. The molecule has 2 heterocycles. The lowest BCUT2D eigenvalue weighted by Gasteiger charge is -2.14. The quantitative estimate of drug-likeness (QED) is 0.723. The molecule has 0 aliphatic heterocycles. The van der Waals surface area contributed by atoms with E-state index < -0.39 is 0 Å². The maximum Gasteiger partial charge on any atom is 0.251 e. The van der Waals surface area contributed by atoms with Gasteiger partial charge >= 0.3 is 0 Å². The largest absolute Gasteiger partial charge is 0.488 e. The van der Waals surface area contributed by atoms with Crippen LogP contribution in [-0.2, 0) is 13.2 Å². The van der Waals surface area contributed by atoms with Crippen LogP contribution in [0.4, 0.5) is 0 Å². The van der Waals surface area contributed by atoms with E-state index in [2.05, 4.69) is 15.3 Å². The smallest absolute Gasteiger partial charge is 0.251 e. The zero-order valence-electron chi connectivity index (χ0n) is 15.8. The van der Waals surface area contributed by atoms with E-state index in [0.29, 0.717) is 18.7 Å². The van der Waals surface area contributed by atoms with Crippen LogP contribution >= 0.6 is 0 Å². The number of carbonyl (C=O) groups excluding carboxylic acids is 1. The highest BCUT2D eigenvalue weighted by atomic mass is 16.5. The number of benzene rings is 1. The van der Waals surface area contributed by atoms with Crippen LogP contribution in [0.1, 0.15) is 38.4 Å². The third-order valence-electron chi connectivity index (χ3n) is 4.20. The first-order valence-electron chi connectivity index (χ1n) is 8.86. The highest BCUT2D eigenvalue weighted by molar-refractivity contribution is 5.94.